The van der Waals surface area contributed by atoms with Crippen molar-refractivity contribution in [3.05, 3.63) is 89.7 Å². The maximum Gasteiger partial charge on any atom is 0.264 e. The Morgan fingerprint density at radius 1 is 1.00 bits per heavy atom. The third-order valence-corrected chi connectivity index (χ3v) is 9.38. The molecule has 1 fully saturated rings. The first-order chi connectivity index (χ1) is 20.1. The summed E-state index contributed by atoms with van der Waals surface area (Å²) in [6.45, 7) is 5.35. The van der Waals surface area contributed by atoms with E-state index in [1.54, 1.807) is 19.1 Å². The molecule has 1 aliphatic rings. The number of aryl methyl sites for hydroxylation is 1. The number of sulfonamides is 1. The van der Waals surface area contributed by atoms with Gasteiger partial charge in [0.1, 0.15) is 24.2 Å². The number of hydrogen-bond donors (Lipinski definition) is 1. The third-order valence-electron chi connectivity index (χ3n) is 7.59. The topological polar surface area (TPSA) is 96.0 Å². The molecular weight excluding hydrogens is 557 g/mol. The number of hydrogen-bond acceptors (Lipinski definition) is 5. The molecule has 224 valence electrons. The zero-order valence-electron chi connectivity index (χ0n) is 24.3. The monoisotopic (exact) mass is 595 g/mol. The minimum Gasteiger partial charge on any atom is -0.494 e. The Kier molecular flexibility index (Phi) is 10.2. The Morgan fingerprint density at radius 2 is 1.64 bits per heavy atom. The van der Waals surface area contributed by atoms with Crippen molar-refractivity contribution in [2.45, 2.75) is 70.0 Å². The van der Waals surface area contributed by atoms with Gasteiger partial charge in [-0.15, -0.1) is 0 Å². The molecule has 0 unspecified atom stereocenters. The molecule has 1 aliphatic carbocycles. The van der Waals surface area contributed by atoms with E-state index in [1.807, 2.05) is 38.1 Å². The van der Waals surface area contributed by atoms with E-state index < -0.39 is 34.3 Å². The molecule has 1 saturated carbocycles. The number of anilines is 1. The summed E-state index contributed by atoms with van der Waals surface area (Å²) in [6, 6.07) is 17.6. The Balaban J connectivity index is 1.68. The van der Waals surface area contributed by atoms with Gasteiger partial charge in [-0.25, -0.2) is 12.8 Å². The molecule has 0 spiro atoms. The summed E-state index contributed by atoms with van der Waals surface area (Å²) in [4.78, 5) is 28.7. The third kappa shape index (κ3) is 7.47. The maximum absolute atomic E-state index is 14.1. The van der Waals surface area contributed by atoms with E-state index in [1.165, 1.54) is 29.2 Å². The molecule has 3 aromatic rings. The van der Waals surface area contributed by atoms with Gasteiger partial charge in [0, 0.05) is 12.6 Å². The molecule has 0 aromatic heterocycles. The van der Waals surface area contributed by atoms with Gasteiger partial charge in [0.15, 0.2) is 0 Å². The highest BCUT2D eigenvalue weighted by Gasteiger charge is 2.33. The number of carbonyl (C=O) groups excluding carboxylic acids is 2. The van der Waals surface area contributed by atoms with E-state index in [0.717, 1.165) is 53.2 Å². The summed E-state index contributed by atoms with van der Waals surface area (Å²) in [5.74, 6) is -0.882. The van der Waals surface area contributed by atoms with Crippen LogP contribution < -0.4 is 14.4 Å². The van der Waals surface area contributed by atoms with E-state index in [2.05, 4.69) is 5.32 Å². The molecule has 0 bridgehead atoms. The van der Waals surface area contributed by atoms with Crippen molar-refractivity contribution >= 4 is 27.5 Å². The fourth-order valence-corrected chi connectivity index (χ4v) is 6.50. The summed E-state index contributed by atoms with van der Waals surface area (Å²) in [5, 5.41) is 3.06. The highest BCUT2D eigenvalue weighted by atomic mass is 32.2. The highest BCUT2D eigenvalue weighted by molar-refractivity contribution is 7.92. The first kappa shape index (κ1) is 31.0. The lowest BCUT2D eigenvalue weighted by atomic mass is 10.1. The highest BCUT2D eigenvalue weighted by Crippen LogP contribution is 2.27. The molecule has 0 saturated heterocycles. The lowest BCUT2D eigenvalue weighted by Crippen LogP contribution is -2.52. The van der Waals surface area contributed by atoms with Crippen LogP contribution in [-0.2, 0) is 26.2 Å². The average Bonchev–Trinajstić information content (AvgIpc) is 3.49. The van der Waals surface area contributed by atoms with Gasteiger partial charge in [-0.3, -0.25) is 13.9 Å². The summed E-state index contributed by atoms with van der Waals surface area (Å²) in [6.07, 6.45) is 3.87. The molecule has 3 aromatic carbocycles. The molecule has 2 amide bonds. The number of carbonyl (C=O) groups is 2. The first-order valence-corrected chi connectivity index (χ1v) is 15.7. The number of halogens is 1. The molecule has 0 aliphatic heterocycles. The van der Waals surface area contributed by atoms with Gasteiger partial charge in [-0.2, -0.15) is 0 Å². The molecule has 0 heterocycles. The fraction of sp³-hybridized carbons (Fsp3) is 0.375. The normalized spacial score (nSPS) is 14.3. The van der Waals surface area contributed by atoms with Gasteiger partial charge in [0.05, 0.1) is 17.2 Å². The minimum absolute atomic E-state index is 0.0550. The Morgan fingerprint density at radius 3 is 2.26 bits per heavy atom. The number of rotatable bonds is 12. The largest absolute Gasteiger partial charge is 0.494 e. The van der Waals surface area contributed by atoms with Gasteiger partial charge in [0.25, 0.3) is 10.0 Å². The zero-order chi connectivity index (χ0) is 30.3. The Bertz CT molecular complexity index is 1470. The van der Waals surface area contributed by atoms with Gasteiger partial charge in [-0.1, -0.05) is 37.1 Å². The first-order valence-electron chi connectivity index (χ1n) is 14.3. The maximum atomic E-state index is 14.1. The standard InChI is InChI=1S/C32H38FN3O5S/c1-4-41-29-17-19-30(20-18-29)42(39,40)36(28-15-13-26(33)14-16-28)22-31(37)35(21-25-10-6-5-9-23(25)2)24(3)32(38)34-27-11-7-8-12-27/h5-6,9-10,13-20,24,27H,4,7-8,11-12,21-22H2,1-3H3,(H,34,38)/t24-/m0/s1. The van der Waals surface area contributed by atoms with Crippen LogP contribution in [0.5, 0.6) is 5.75 Å². The van der Waals surface area contributed by atoms with Crippen molar-refractivity contribution in [2.75, 3.05) is 17.5 Å². The smallest absolute Gasteiger partial charge is 0.264 e. The molecule has 1 N–H and O–H groups in total. The number of amides is 2. The van der Waals surface area contributed by atoms with E-state index in [9.17, 15) is 22.4 Å². The quantitative estimate of drug-likeness (QED) is 0.310. The van der Waals surface area contributed by atoms with Crippen LogP contribution in [-0.4, -0.2) is 50.4 Å². The molecule has 42 heavy (non-hydrogen) atoms. The molecular formula is C32H38FN3O5S. The Hall–Kier alpha value is -3.92. The van der Waals surface area contributed by atoms with Crippen LogP contribution in [0.2, 0.25) is 0 Å². The molecule has 8 nitrogen and oxygen atoms in total. The van der Waals surface area contributed by atoms with Crippen LogP contribution in [0.3, 0.4) is 0 Å². The van der Waals surface area contributed by atoms with Crippen LogP contribution in [0.1, 0.15) is 50.7 Å². The van der Waals surface area contributed by atoms with Crippen LogP contribution in [0.25, 0.3) is 0 Å². The van der Waals surface area contributed by atoms with Crippen LogP contribution in [0.15, 0.2) is 77.7 Å². The van der Waals surface area contributed by atoms with E-state index in [4.69, 9.17) is 4.74 Å². The van der Waals surface area contributed by atoms with Gasteiger partial charge in [-0.05, 0) is 93.3 Å². The number of ether oxygens (including phenoxy) is 1. The second kappa shape index (κ2) is 13.8. The zero-order valence-corrected chi connectivity index (χ0v) is 25.1. The predicted octanol–water partition coefficient (Wildman–Crippen LogP) is 5.20. The van der Waals surface area contributed by atoms with E-state index >= 15 is 0 Å². The van der Waals surface area contributed by atoms with Crippen molar-refractivity contribution < 1.29 is 27.1 Å². The summed E-state index contributed by atoms with van der Waals surface area (Å²) in [5.41, 5.74) is 1.91. The summed E-state index contributed by atoms with van der Waals surface area (Å²) >= 11 is 0. The van der Waals surface area contributed by atoms with Crippen molar-refractivity contribution in [3.63, 3.8) is 0 Å². The van der Waals surface area contributed by atoms with Crippen LogP contribution in [0.4, 0.5) is 10.1 Å². The SMILES string of the molecule is CCOc1ccc(S(=O)(=O)N(CC(=O)N(Cc2ccccc2C)[C@@H](C)C(=O)NC2CCCC2)c2ccc(F)cc2)cc1. The lowest BCUT2D eigenvalue weighted by Gasteiger charge is -2.32. The van der Waals surface area contributed by atoms with Crippen molar-refractivity contribution in [1.29, 1.82) is 0 Å². The fourth-order valence-electron chi connectivity index (χ4n) is 5.08. The van der Waals surface area contributed by atoms with Gasteiger partial charge in [0.2, 0.25) is 11.8 Å². The van der Waals surface area contributed by atoms with Crippen molar-refractivity contribution in [2.24, 2.45) is 0 Å². The Labute approximate surface area is 247 Å². The second-order valence-electron chi connectivity index (χ2n) is 10.5. The van der Waals surface area contributed by atoms with Crippen molar-refractivity contribution in [1.82, 2.24) is 10.2 Å². The lowest BCUT2D eigenvalue weighted by molar-refractivity contribution is -0.139. The minimum atomic E-state index is -4.27. The van der Waals surface area contributed by atoms with Gasteiger partial charge >= 0.3 is 0 Å². The number of nitrogens with one attached hydrogen (secondary N) is 1. The van der Waals surface area contributed by atoms with E-state index in [-0.39, 0.29) is 29.1 Å². The van der Waals surface area contributed by atoms with Crippen LogP contribution in [0, 0.1) is 12.7 Å². The average molecular weight is 596 g/mol. The number of nitrogens with zero attached hydrogens (tertiary/aromatic N) is 2. The van der Waals surface area contributed by atoms with Gasteiger partial charge < -0.3 is 15.0 Å². The van der Waals surface area contributed by atoms with Crippen molar-refractivity contribution in [3.8, 4) is 5.75 Å². The summed E-state index contributed by atoms with van der Waals surface area (Å²) in [7, 11) is -4.27. The van der Waals surface area contributed by atoms with Crippen LogP contribution >= 0.6 is 0 Å². The molecule has 10 heteroatoms. The second-order valence-corrected chi connectivity index (χ2v) is 12.4. The molecule has 0 radical (unpaired) electrons. The number of benzene rings is 3. The summed E-state index contributed by atoms with van der Waals surface area (Å²) < 4.78 is 48.1. The van der Waals surface area contributed by atoms with E-state index in [0.29, 0.717) is 12.4 Å². The molecule has 1 atom stereocenters. The predicted molar refractivity (Wildman–Crippen MR) is 160 cm³/mol. The molecule has 4 rings (SSSR count).